The maximum Gasteiger partial charge on any atom is 0.272 e. The summed E-state index contributed by atoms with van der Waals surface area (Å²) in [6.45, 7) is 4.92. The summed E-state index contributed by atoms with van der Waals surface area (Å²) in [7, 11) is 0. The van der Waals surface area contributed by atoms with E-state index in [0.29, 0.717) is 24.4 Å². The molecule has 0 aliphatic carbocycles. The van der Waals surface area contributed by atoms with E-state index in [1.54, 1.807) is 23.6 Å². The third-order valence-electron chi connectivity index (χ3n) is 3.53. The predicted molar refractivity (Wildman–Crippen MR) is 90.3 cm³/mol. The fourth-order valence-electron chi connectivity index (χ4n) is 2.42. The van der Waals surface area contributed by atoms with E-state index in [0.717, 1.165) is 17.2 Å². The second kappa shape index (κ2) is 6.49. The number of hydrogen-bond acceptors (Lipinski definition) is 7. The van der Waals surface area contributed by atoms with Crippen LogP contribution in [0.3, 0.4) is 0 Å². The van der Waals surface area contributed by atoms with Gasteiger partial charge >= 0.3 is 0 Å². The Balaban J connectivity index is 1.60. The highest BCUT2D eigenvalue weighted by Crippen LogP contribution is 2.21. The second-order valence-electron chi connectivity index (χ2n) is 5.37. The van der Waals surface area contributed by atoms with E-state index in [9.17, 15) is 10.1 Å². The zero-order chi connectivity index (χ0) is 17.1. The molecule has 0 saturated heterocycles. The number of nitrogens with zero attached hydrogens (tertiary/aromatic N) is 5. The average Bonchev–Trinajstić information content (AvgIpc) is 2.99. The fourth-order valence-corrected chi connectivity index (χ4v) is 2.42. The molecule has 3 aromatic rings. The number of nitro groups is 1. The number of nitrogens with one attached hydrogen (secondary N) is 2. The normalized spacial score (nSPS) is 10.8. The molecule has 1 aromatic carbocycles. The Hall–Kier alpha value is -3.23. The molecule has 124 valence electrons. The third-order valence-corrected chi connectivity index (χ3v) is 3.53. The molecule has 9 nitrogen and oxygen atoms in total. The summed E-state index contributed by atoms with van der Waals surface area (Å²) in [6.07, 6.45) is 1.46. The highest BCUT2D eigenvalue weighted by molar-refractivity contribution is 5.53. The van der Waals surface area contributed by atoms with Crippen molar-refractivity contribution in [2.75, 3.05) is 23.7 Å². The van der Waals surface area contributed by atoms with Gasteiger partial charge in [-0.25, -0.2) is 4.98 Å². The van der Waals surface area contributed by atoms with Gasteiger partial charge in [0.2, 0.25) is 0 Å². The van der Waals surface area contributed by atoms with Crippen LogP contribution in [-0.4, -0.2) is 37.6 Å². The average molecular weight is 327 g/mol. The lowest BCUT2D eigenvalue weighted by Gasteiger charge is -2.10. The Morgan fingerprint density at radius 2 is 2.00 bits per heavy atom. The molecule has 0 radical (unpaired) electrons. The lowest BCUT2D eigenvalue weighted by Crippen LogP contribution is -2.16. The van der Waals surface area contributed by atoms with Gasteiger partial charge in [0.15, 0.2) is 0 Å². The van der Waals surface area contributed by atoms with Crippen LogP contribution in [-0.2, 0) is 0 Å². The molecule has 0 saturated carbocycles. The first-order chi connectivity index (χ1) is 11.5. The Morgan fingerprint density at radius 1 is 1.21 bits per heavy atom. The molecule has 0 unspecified atom stereocenters. The largest absolute Gasteiger partial charge is 0.383 e. The number of anilines is 2. The van der Waals surface area contributed by atoms with E-state index in [1.807, 2.05) is 13.0 Å². The van der Waals surface area contributed by atoms with Crippen molar-refractivity contribution in [1.82, 2.24) is 19.6 Å². The van der Waals surface area contributed by atoms with Gasteiger partial charge in [-0.05, 0) is 26.0 Å². The molecule has 2 aromatic heterocycles. The zero-order valence-electron chi connectivity index (χ0n) is 13.4. The Kier molecular flexibility index (Phi) is 4.23. The van der Waals surface area contributed by atoms with Crippen molar-refractivity contribution in [3.05, 3.63) is 52.0 Å². The van der Waals surface area contributed by atoms with Crippen LogP contribution in [0.25, 0.3) is 5.78 Å². The highest BCUT2D eigenvalue weighted by atomic mass is 16.6. The number of aromatic nitrogens is 4. The number of aryl methyl sites for hydroxylation is 2. The van der Waals surface area contributed by atoms with Gasteiger partial charge in [-0.2, -0.15) is 14.6 Å². The molecule has 0 aliphatic rings. The van der Waals surface area contributed by atoms with Crippen molar-refractivity contribution < 1.29 is 4.92 Å². The molecule has 0 fully saturated rings. The SMILES string of the molecule is Cc1cc(NCCNc2ccc([N+](=O)[O-])c(C)c2)n2ncnc2n1. The first-order valence-corrected chi connectivity index (χ1v) is 7.45. The van der Waals surface area contributed by atoms with Crippen molar-refractivity contribution in [2.24, 2.45) is 0 Å². The van der Waals surface area contributed by atoms with Crippen molar-refractivity contribution in [2.45, 2.75) is 13.8 Å². The maximum atomic E-state index is 10.8. The van der Waals surface area contributed by atoms with E-state index in [-0.39, 0.29) is 10.6 Å². The lowest BCUT2D eigenvalue weighted by molar-refractivity contribution is -0.385. The zero-order valence-corrected chi connectivity index (χ0v) is 13.4. The van der Waals surface area contributed by atoms with Gasteiger partial charge in [-0.1, -0.05) is 0 Å². The van der Waals surface area contributed by atoms with Gasteiger partial charge in [0, 0.05) is 42.2 Å². The summed E-state index contributed by atoms with van der Waals surface area (Å²) < 4.78 is 1.64. The van der Waals surface area contributed by atoms with Gasteiger partial charge in [0.1, 0.15) is 12.1 Å². The molecular formula is C15H17N7O2. The molecule has 3 rings (SSSR count). The number of hydrogen-bond donors (Lipinski definition) is 2. The van der Waals surface area contributed by atoms with E-state index < -0.39 is 0 Å². The van der Waals surface area contributed by atoms with Gasteiger partial charge in [0.25, 0.3) is 11.5 Å². The smallest absolute Gasteiger partial charge is 0.272 e. The summed E-state index contributed by atoms with van der Waals surface area (Å²) in [6, 6.07) is 6.88. The molecule has 2 heterocycles. The molecule has 0 atom stereocenters. The van der Waals surface area contributed by atoms with Crippen molar-refractivity contribution in [1.29, 1.82) is 0 Å². The number of nitro benzene ring substituents is 1. The van der Waals surface area contributed by atoms with Crippen LogP contribution < -0.4 is 10.6 Å². The van der Waals surface area contributed by atoms with Crippen LogP contribution >= 0.6 is 0 Å². The van der Waals surface area contributed by atoms with E-state index in [2.05, 4.69) is 25.7 Å². The standard InChI is InChI=1S/C15H17N7O2/c1-10-7-12(3-4-13(10)22(23)24)16-5-6-17-14-8-11(2)20-15-18-9-19-21(14)15/h3-4,7-9,16-17H,5-6H2,1-2H3. The van der Waals surface area contributed by atoms with Crippen molar-refractivity contribution >= 4 is 23.0 Å². The van der Waals surface area contributed by atoms with Crippen LogP contribution in [0.15, 0.2) is 30.6 Å². The minimum Gasteiger partial charge on any atom is -0.383 e. The van der Waals surface area contributed by atoms with Crippen LogP contribution in [0.5, 0.6) is 0 Å². The summed E-state index contributed by atoms with van der Waals surface area (Å²) in [5, 5.41) is 21.5. The minimum atomic E-state index is -0.379. The van der Waals surface area contributed by atoms with Gasteiger partial charge < -0.3 is 10.6 Å². The molecule has 2 N–H and O–H groups in total. The predicted octanol–water partition coefficient (Wildman–Crippen LogP) is 2.17. The fraction of sp³-hybridized carbons (Fsp3) is 0.267. The topological polar surface area (TPSA) is 110 Å². The van der Waals surface area contributed by atoms with Crippen LogP contribution in [0.1, 0.15) is 11.3 Å². The maximum absolute atomic E-state index is 10.8. The van der Waals surface area contributed by atoms with Gasteiger partial charge in [0.05, 0.1) is 4.92 Å². The number of benzene rings is 1. The third kappa shape index (κ3) is 3.24. The highest BCUT2D eigenvalue weighted by Gasteiger charge is 2.10. The molecule has 0 spiro atoms. The van der Waals surface area contributed by atoms with Crippen molar-refractivity contribution in [3.63, 3.8) is 0 Å². The van der Waals surface area contributed by atoms with E-state index >= 15 is 0 Å². The van der Waals surface area contributed by atoms with E-state index in [4.69, 9.17) is 0 Å². The number of fused-ring (bicyclic) bond motifs is 1. The Bertz CT molecular complexity index is 891. The van der Waals surface area contributed by atoms with Gasteiger partial charge in [-0.15, -0.1) is 0 Å². The van der Waals surface area contributed by atoms with Crippen LogP contribution in [0.2, 0.25) is 0 Å². The Labute approximate surface area is 137 Å². The molecule has 9 heteroatoms. The summed E-state index contributed by atoms with van der Waals surface area (Å²) in [4.78, 5) is 18.8. The minimum absolute atomic E-state index is 0.125. The van der Waals surface area contributed by atoms with Gasteiger partial charge in [-0.3, -0.25) is 10.1 Å². The number of rotatable bonds is 6. The van der Waals surface area contributed by atoms with Crippen LogP contribution in [0.4, 0.5) is 17.2 Å². The van der Waals surface area contributed by atoms with E-state index in [1.165, 1.54) is 12.4 Å². The summed E-state index contributed by atoms with van der Waals surface area (Å²) >= 11 is 0. The molecule has 0 amide bonds. The molecular weight excluding hydrogens is 310 g/mol. The first-order valence-electron chi connectivity index (χ1n) is 7.45. The molecule has 24 heavy (non-hydrogen) atoms. The quantitative estimate of drug-likeness (QED) is 0.405. The summed E-state index contributed by atoms with van der Waals surface area (Å²) in [5.41, 5.74) is 2.46. The Morgan fingerprint density at radius 3 is 2.75 bits per heavy atom. The van der Waals surface area contributed by atoms with Crippen molar-refractivity contribution in [3.8, 4) is 0 Å². The lowest BCUT2D eigenvalue weighted by atomic mass is 10.2. The molecule has 0 aliphatic heterocycles. The molecule has 0 bridgehead atoms. The second-order valence-corrected chi connectivity index (χ2v) is 5.37. The first kappa shape index (κ1) is 15.7. The van der Waals surface area contributed by atoms with Crippen LogP contribution in [0, 0.1) is 24.0 Å². The summed E-state index contributed by atoms with van der Waals surface area (Å²) in [5.74, 6) is 1.37. The monoisotopic (exact) mass is 327 g/mol.